The number of fused-ring (bicyclic) bond motifs is 1. The predicted molar refractivity (Wildman–Crippen MR) is 88.6 cm³/mol. The second kappa shape index (κ2) is 7.12. The fraction of sp³-hybridized carbons (Fsp3) is 0.222. The van der Waals surface area contributed by atoms with Crippen molar-refractivity contribution in [3.8, 4) is 0 Å². The molecule has 0 saturated heterocycles. The molecule has 0 fully saturated rings. The zero-order valence-electron chi connectivity index (χ0n) is 13.0. The number of carbonyl (C=O) groups is 1. The standard InChI is InChI=1S/C18H17FN2O3/c19-14-9-10-15-16(12-14)24-18(23)21(15)17(22)20-11-5-4-8-13-6-2-1-3-7-13/h1-3,6-7,9-10,12H,4-5,8,11H2,(H,20,22). The third-order valence-corrected chi connectivity index (χ3v) is 3.76. The fourth-order valence-electron chi connectivity index (χ4n) is 2.56. The minimum absolute atomic E-state index is 0.0548. The summed E-state index contributed by atoms with van der Waals surface area (Å²) in [6.45, 7) is 0.450. The largest absolute Gasteiger partial charge is 0.428 e. The Balaban J connectivity index is 1.56. The molecule has 0 radical (unpaired) electrons. The van der Waals surface area contributed by atoms with E-state index in [2.05, 4.69) is 17.4 Å². The van der Waals surface area contributed by atoms with Crippen molar-refractivity contribution in [3.63, 3.8) is 0 Å². The van der Waals surface area contributed by atoms with E-state index in [9.17, 15) is 14.0 Å². The van der Waals surface area contributed by atoms with Crippen LogP contribution in [-0.4, -0.2) is 17.1 Å². The van der Waals surface area contributed by atoms with Crippen LogP contribution in [0.3, 0.4) is 0 Å². The van der Waals surface area contributed by atoms with Gasteiger partial charge in [-0.15, -0.1) is 0 Å². The molecule has 1 aromatic heterocycles. The maximum absolute atomic E-state index is 13.1. The van der Waals surface area contributed by atoms with Crippen LogP contribution in [0.25, 0.3) is 11.1 Å². The molecule has 0 aliphatic heterocycles. The van der Waals surface area contributed by atoms with Crippen molar-refractivity contribution in [1.29, 1.82) is 0 Å². The van der Waals surface area contributed by atoms with Gasteiger partial charge in [0.05, 0.1) is 0 Å². The van der Waals surface area contributed by atoms with Gasteiger partial charge in [0.2, 0.25) is 0 Å². The number of amides is 1. The van der Waals surface area contributed by atoms with Crippen LogP contribution in [0.1, 0.15) is 18.4 Å². The van der Waals surface area contributed by atoms with E-state index >= 15 is 0 Å². The molecule has 3 rings (SSSR count). The summed E-state index contributed by atoms with van der Waals surface area (Å²) in [5, 5.41) is 2.69. The monoisotopic (exact) mass is 328 g/mol. The molecule has 2 aromatic carbocycles. The zero-order chi connectivity index (χ0) is 16.9. The number of carbonyl (C=O) groups excluding carboxylic acids is 1. The second-order valence-electron chi connectivity index (χ2n) is 5.49. The summed E-state index contributed by atoms with van der Waals surface area (Å²) in [4.78, 5) is 23.9. The lowest BCUT2D eigenvalue weighted by molar-refractivity contribution is 0.241. The second-order valence-corrected chi connectivity index (χ2v) is 5.49. The molecule has 6 heteroatoms. The van der Waals surface area contributed by atoms with Gasteiger partial charge in [-0.1, -0.05) is 30.3 Å². The van der Waals surface area contributed by atoms with Gasteiger partial charge in [0.15, 0.2) is 5.58 Å². The molecule has 3 aromatic rings. The molecule has 1 amide bonds. The maximum Gasteiger partial charge on any atom is 0.428 e. The number of hydrogen-bond donors (Lipinski definition) is 1. The van der Waals surface area contributed by atoms with Gasteiger partial charge in [-0.05, 0) is 37.0 Å². The van der Waals surface area contributed by atoms with Gasteiger partial charge < -0.3 is 9.73 Å². The minimum Gasteiger partial charge on any atom is -0.407 e. The van der Waals surface area contributed by atoms with E-state index in [4.69, 9.17) is 4.42 Å². The topological polar surface area (TPSA) is 64.2 Å². The Kier molecular flexibility index (Phi) is 4.74. The van der Waals surface area contributed by atoms with Crippen molar-refractivity contribution >= 4 is 17.1 Å². The first kappa shape index (κ1) is 16.0. The lowest BCUT2D eigenvalue weighted by Gasteiger charge is -2.05. The van der Waals surface area contributed by atoms with Gasteiger partial charge in [-0.25, -0.2) is 14.0 Å². The van der Waals surface area contributed by atoms with Gasteiger partial charge in [0, 0.05) is 12.6 Å². The molecule has 5 nitrogen and oxygen atoms in total. The minimum atomic E-state index is -0.822. The first-order chi connectivity index (χ1) is 11.6. The molecule has 0 bridgehead atoms. The van der Waals surface area contributed by atoms with E-state index in [1.807, 2.05) is 18.2 Å². The third kappa shape index (κ3) is 3.53. The average Bonchev–Trinajstić information content (AvgIpc) is 2.90. The molecule has 0 aliphatic carbocycles. The Morgan fingerprint density at radius 2 is 1.92 bits per heavy atom. The van der Waals surface area contributed by atoms with Crippen LogP contribution >= 0.6 is 0 Å². The summed E-state index contributed by atoms with van der Waals surface area (Å²) in [5.41, 5.74) is 1.56. The summed E-state index contributed by atoms with van der Waals surface area (Å²) in [6.07, 6.45) is 2.65. The number of aryl methyl sites for hydroxylation is 1. The van der Waals surface area contributed by atoms with Gasteiger partial charge in [0.25, 0.3) is 0 Å². The van der Waals surface area contributed by atoms with Crippen LogP contribution in [0.15, 0.2) is 57.7 Å². The zero-order valence-corrected chi connectivity index (χ0v) is 13.0. The molecule has 1 N–H and O–H groups in total. The summed E-state index contributed by atoms with van der Waals surface area (Å²) < 4.78 is 18.9. The van der Waals surface area contributed by atoms with Crippen molar-refractivity contribution in [2.24, 2.45) is 0 Å². The van der Waals surface area contributed by atoms with Crippen LogP contribution in [0.4, 0.5) is 9.18 Å². The number of hydrogen-bond acceptors (Lipinski definition) is 3. The third-order valence-electron chi connectivity index (χ3n) is 3.76. The Labute approximate surface area is 137 Å². The first-order valence-corrected chi connectivity index (χ1v) is 7.78. The average molecular weight is 328 g/mol. The maximum atomic E-state index is 13.1. The number of oxazole rings is 1. The normalized spacial score (nSPS) is 10.9. The molecular weight excluding hydrogens is 311 g/mol. The molecule has 0 saturated carbocycles. The van der Waals surface area contributed by atoms with Crippen molar-refractivity contribution in [2.45, 2.75) is 19.3 Å². The molecular formula is C18H17FN2O3. The summed E-state index contributed by atoms with van der Waals surface area (Å²) in [7, 11) is 0. The number of unbranched alkanes of at least 4 members (excludes halogenated alkanes) is 1. The van der Waals surface area contributed by atoms with E-state index in [-0.39, 0.29) is 11.1 Å². The van der Waals surface area contributed by atoms with Crippen LogP contribution in [0.5, 0.6) is 0 Å². The molecule has 1 heterocycles. The Morgan fingerprint density at radius 1 is 1.12 bits per heavy atom. The van der Waals surface area contributed by atoms with Crippen molar-refractivity contribution in [2.75, 3.05) is 6.54 Å². The lowest BCUT2D eigenvalue weighted by atomic mass is 10.1. The number of nitrogens with one attached hydrogen (secondary N) is 1. The van der Waals surface area contributed by atoms with Crippen LogP contribution < -0.4 is 11.1 Å². The number of nitrogens with zero attached hydrogens (tertiary/aromatic N) is 1. The van der Waals surface area contributed by atoms with Crippen LogP contribution in [0, 0.1) is 5.82 Å². The molecule has 124 valence electrons. The first-order valence-electron chi connectivity index (χ1n) is 7.78. The SMILES string of the molecule is O=C(NCCCCc1ccccc1)n1c(=O)oc2cc(F)ccc21. The number of halogens is 1. The van der Waals surface area contributed by atoms with E-state index in [0.717, 1.165) is 29.9 Å². The summed E-state index contributed by atoms with van der Waals surface area (Å²) in [6, 6.07) is 13.1. The Bertz CT molecular complexity index is 900. The van der Waals surface area contributed by atoms with Gasteiger partial charge in [-0.3, -0.25) is 0 Å². The smallest absolute Gasteiger partial charge is 0.407 e. The lowest BCUT2D eigenvalue weighted by Crippen LogP contribution is -2.34. The van der Waals surface area contributed by atoms with E-state index < -0.39 is 17.6 Å². The highest BCUT2D eigenvalue weighted by atomic mass is 19.1. The van der Waals surface area contributed by atoms with E-state index in [0.29, 0.717) is 6.54 Å². The van der Waals surface area contributed by atoms with E-state index in [1.54, 1.807) is 0 Å². The van der Waals surface area contributed by atoms with Gasteiger partial charge in [0.1, 0.15) is 11.3 Å². The predicted octanol–water partition coefficient (Wildman–Crippen LogP) is 3.31. The highest BCUT2D eigenvalue weighted by molar-refractivity contribution is 5.87. The quantitative estimate of drug-likeness (QED) is 0.731. The highest BCUT2D eigenvalue weighted by Crippen LogP contribution is 2.14. The highest BCUT2D eigenvalue weighted by Gasteiger charge is 2.15. The molecule has 0 atom stereocenters. The van der Waals surface area contributed by atoms with Crippen LogP contribution in [0.2, 0.25) is 0 Å². The summed E-state index contributed by atoms with van der Waals surface area (Å²) >= 11 is 0. The Hall–Kier alpha value is -2.89. The van der Waals surface area contributed by atoms with Crippen LogP contribution in [-0.2, 0) is 6.42 Å². The van der Waals surface area contributed by atoms with Gasteiger partial charge >= 0.3 is 11.8 Å². The molecule has 24 heavy (non-hydrogen) atoms. The van der Waals surface area contributed by atoms with Crippen molar-refractivity contribution < 1.29 is 13.6 Å². The number of benzene rings is 2. The molecule has 0 unspecified atom stereocenters. The fourth-order valence-corrected chi connectivity index (χ4v) is 2.56. The van der Waals surface area contributed by atoms with Gasteiger partial charge in [-0.2, -0.15) is 4.57 Å². The number of rotatable bonds is 5. The number of aromatic nitrogens is 1. The summed E-state index contributed by atoms with van der Waals surface area (Å²) in [5.74, 6) is -1.35. The Morgan fingerprint density at radius 3 is 2.71 bits per heavy atom. The molecule has 0 spiro atoms. The molecule has 0 aliphatic rings. The van der Waals surface area contributed by atoms with Crippen molar-refractivity contribution in [3.05, 3.63) is 70.5 Å². The van der Waals surface area contributed by atoms with E-state index in [1.165, 1.54) is 17.7 Å². The van der Waals surface area contributed by atoms with Crippen molar-refractivity contribution in [1.82, 2.24) is 9.88 Å².